The van der Waals surface area contributed by atoms with Gasteiger partial charge in [-0.3, -0.25) is 0 Å². The van der Waals surface area contributed by atoms with Crippen LogP contribution in [0.5, 0.6) is 5.75 Å². The summed E-state index contributed by atoms with van der Waals surface area (Å²) in [5, 5.41) is 8.90. The van der Waals surface area contributed by atoms with E-state index in [9.17, 15) is 13.2 Å². The number of benzene rings is 1. The highest BCUT2D eigenvalue weighted by Gasteiger charge is 2.34. The average molecular weight is 286 g/mol. The van der Waals surface area contributed by atoms with Crippen molar-refractivity contribution in [2.45, 2.75) is 19.3 Å². The van der Waals surface area contributed by atoms with Gasteiger partial charge >= 0.3 is 6.18 Å². The van der Waals surface area contributed by atoms with E-state index in [1.165, 1.54) is 12.1 Å². The van der Waals surface area contributed by atoms with Crippen LogP contribution in [0.3, 0.4) is 0 Å². The van der Waals surface area contributed by atoms with Crippen molar-refractivity contribution in [3.63, 3.8) is 0 Å². The topological polar surface area (TPSA) is 47.3 Å². The van der Waals surface area contributed by atoms with Gasteiger partial charge in [0.2, 0.25) is 0 Å². The molecule has 2 rings (SSSR count). The number of rotatable bonds is 5. The number of imidazole rings is 1. The minimum atomic E-state index is -4.52. The van der Waals surface area contributed by atoms with Crippen LogP contribution in [0.1, 0.15) is 11.1 Å². The number of aliphatic hydroxyl groups is 1. The lowest BCUT2D eigenvalue weighted by Gasteiger charge is -2.15. The van der Waals surface area contributed by atoms with Crippen LogP contribution < -0.4 is 4.74 Å². The number of ether oxygens (including phenoxy) is 1. The van der Waals surface area contributed by atoms with E-state index in [1.54, 1.807) is 23.3 Å². The summed E-state index contributed by atoms with van der Waals surface area (Å²) < 4.78 is 45.6. The van der Waals surface area contributed by atoms with Crippen molar-refractivity contribution < 1.29 is 23.0 Å². The lowest BCUT2D eigenvalue weighted by atomic mass is 10.1. The molecule has 2 aromatic rings. The molecule has 108 valence electrons. The van der Waals surface area contributed by atoms with Gasteiger partial charge in [-0.15, -0.1) is 0 Å². The van der Waals surface area contributed by atoms with Crippen LogP contribution in [0.2, 0.25) is 0 Å². The molecule has 1 N–H and O–H groups in total. The molecule has 1 aromatic carbocycles. The second-order valence-electron chi connectivity index (χ2n) is 4.14. The molecular weight excluding hydrogens is 273 g/mol. The Morgan fingerprint density at radius 3 is 2.70 bits per heavy atom. The fourth-order valence-electron chi connectivity index (χ4n) is 1.70. The lowest BCUT2D eigenvalue weighted by Crippen LogP contribution is -2.12. The van der Waals surface area contributed by atoms with Gasteiger partial charge in [0, 0.05) is 12.4 Å². The molecule has 0 aliphatic heterocycles. The highest BCUT2D eigenvalue weighted by molar-refractivity contribution is 5.39. The summed E-state index contributed by atoms with van der Waals surface area (Å²) in [4.78, 5) is 3.83. The Morgan fingerprint density at radius 2 is 2.10 bits per heavy atom. The Hall–Kier alpha value is -2.02. The summed E-state index contributed by atoms with van der Waals surface area (Å²) in [6.45, 7) is 0.0509. The summed E-state index contributed by atoms with van der Waals surface area (Å²) in [6.07, 6.45) is 0.318. The fourth-order valence-corrected chi connectivity index (χ4v) is 1.70. The third-order valence-corrected chi connectivity index (χ3v) is 2.70. The van der Waals surface area contributed by atoms with Gasteiger partial charge in [0.05, 0.1) is 25.0 Å². The van der Waals surface area contributed by atoms with Crippen molar-refractivity contribution in [2.75, 3.05) is 6.61 Å². The van der Waals surface area contributed by atoms with Gasteiger partial charge in [-0.2, -0.15) is 13.2 Å². The molecule has 0 atom stereocenters. The molecule has 7 heteroatoms. The standard InChI is InChI=1S/C13H13F3N2O2/c14-13(15,16)11-7-10(8-19)1-2-12(11)20-6-5-18-4-3-17-9-18/h1-4,7,9,19H,5-6,8H2. The van der Waals surface area contributed by atoms with Crippen LogP contribution in [0.25, 0.3) is 0 Å². The summed E-state index contributed by atoms with van der Waals surface area (Å²) in [5.74, 6) is -0.241. The SMILES string of the molecule is OCc1ccc(OCCn2ccnc2)c(C(F)(F)F)c1. The van der Waals surface area contributed by atoms with Crippen molar-refractivity contribution in [1.29, 1.82) is 0 Å². The molecule has 0 saturated heterocycles. The molecule has 20 heavy (non-hydrogen) atoms. The Morgan fingerprint density at radius 1 is 1.30 bits per heavy atom. The zero-order valence-corrected chi connectivity index (χ0v) is 10.5. The van der Waals surface area contributed by atoms with Crippen molar-refractivity contribution in [2.24, 2.45) is 0 Å². The molecule has 0 amide bonds. The van der Waals surface area contributed by atoms with E-state index in [2.05, 4.69) is 4.98 Å². The van der Waals surface area contributed by atoms with Crippen LogP contribution in [-0.2, 0) is 19.3 Å². The van der Waals surface area contributed by atoms with Gasteiger partial charge in [-0.25, -0.2) is 4.98 Å². The van der Waals surface area contributed by atoms with Crippen LogP contribution in [0.15, 0.2) is 36.9 Å². The first-order valence-electron chi connectivity index (χ1n) is 5.90. The monoisotopic (exact) mass is 286 g/mol. The summed E-state index contributed by atoms with van der Waals surface area (Å²) in [7, 11) is 0. The predicted molar refractivity (Wildman–Crippen MR) is 65.1 cm³/mol. The molecule has 0 radical (unpaired) electrons. The molecule has 4 nitrogen and oxygen atoms in total. The van der Waals surface area contributed by atoms with E-state index in [0.717, 1.165) is 6.07 Å². The maximum atomic E-state index is 12.9. The lowest BCUT2D eigenvalue weighted by molar-refractivity contribution is -0.139. The molecule has 0 fully saturated rings. The highest BCUT2D eigenvalue weighted by atomic mass is 19.4. The first-order valence-corrected chi connectivity index (χ1v) is 5.90. The van der Waals surface area contributed by atoms with Crippen molar-refractivity contribution in [3.05, 3.63) is 48.0 Å². The van der Waals surface area contributed by atoms with E-state index in [4.69, 9.17) is 9.84 Å². The van der Waals surface area contributed by atoms with E-state index in [-0.39, 0.29) is 17.9 Å². The molecule has 0 aliphatic rings. The van der Waals surface area contributed by atoms with Crippen LogP contribution in [0.4, 0.5) is 13.2 Å². The van der Waals surface area contributed by atoms with E-state index in [1.807, 2.05) is 0 Å². The van der Waals surface area contributed by atoms with Gasteiger partial charge in [-0.05, 0) is 17.7 Å². The summed E-state index contributed by atoms with van der Waals surface area (Å²) >= 11 is 0. The van der Waals surface area contributed by atoms with Crippen molar-refractivity contribution in [1.82, 2.24) is 9.55 Å². The quantitative estimate of drug-likeness (QED) is 0.918. The maximum absolute atomic E-state index is 12.9. The highest BCUT2D eigenvalue weighted by Crippen LogP contribution is 2.36. The Bertz CT molecular complexity index is 553. The molecule has 1 heterocycles. The minimum absolute atomic E-state index is 0.0952. The molecule has 1 aromatic heterocycles. The third kappa shape index (κ3) is 3.51. The fraction of sp³-hybridized carbons (Fsp3) is 0.308. The minimum Gasteiger partial charge on any atom is -0.491 e. The molecule has 0 unspecified atom stereocenters. The van der Waals surface area contributed by atoms with Crippen LogP contribution >= 0.6 is 0 Å². The van der Waals surface area contributed by atoms with E-state index in [0.29, 0.717) is 6.54 Å². The van der Waals surface area contributed by atoms with E-state index >= 15 is 0 Å². The number of alkyl halides is 3. The van der Waals surface area contributed by atoms with Gasteiger partial charge < -0.3 is 14.4 Å². The molecule has 0 saturated carbocycles. The first-order chi connectivity index (χ1) is 9.50. The largest absolute Gasteiger partial charge is 0.491 e. The number of halogens is 3. The number of hydrogen-bond donors (Lipinski definition) is 1. The number of aromatic nitrogens is 2. The summed E-state index contributed by atoms with van der Waals surface area (Å²) in [5.41, 5.74) is -0.686. The van der Waals surface area contributed by atoms with E-state index < -0.39 is 18.3 Å². The van der Waals surface area contributed by atoms with Gasteiger partial charge in [-0.1, -0.05) is 6.07 Å². The maximum Gasteiger partial charge on any atom is 0.419 e. The average Bonchev–Trinajstić information content (AvgIpc) is 2.91. The van der Waals surface area contributed by atoms with Gasteiger partial charge in [0.15, 0.2) is 0 Å². The molecular formula is C13H13F3N2O2. The zero-order valence-electron chi connectivity index (χ0n) is 10.5. The normalized spacial score (nSPS) is 11.6. The Labute approximate surface area is 113 Å². The smallest absolute Gasteiger partial charge is 0.419 e. The number of hydrogen-bond acceptors (Lipinski definition) is 3. The third-order valence-electron chi connectivity index (χ3n) is 2.70. The number of aliphatic hydroxyl groups excluding tert-OH is 1. The molecule has 0 aliphatic carbocycles. The van der Waals surface area contributed by atoms with Gasteiger partial charge in [0.25, 0.3) is 0 Å². The predicted octanol–water partition coefficient (Wildman–Crippen LogP) is 2.47. The van der Waals surface area contributed by atoms with Crippen molar-refractivity contribution in [3.8, 4) is 5.75 Å². The second-order valence-corrected chi connectivity index (χ2v) is 4.14. The van der Waals surface area contributed by atoms with Gasteiger partial charge in [0.1, 0.15) is 12.4 Å². The molecule has 0 bridgehead atoms. The zero-order chi connectivity index (χ0) is 14.6. The van der Waals surface area contributed by atoms with Crippen LogP contribution in [-0.4, -0.2) is 21.3 Å². The summed E-state index contributed by atoms with van der Waals surface area (Å²) in [6, 6.07) is 3.52. The number of nitrogens with zero attached hydrogens (tertiary/aromatic N) is 2. The first kappa shape index (κ1) is 14.4. The van der Waals surface area contributed by atoms with Crippen LogP contribution in [0, 0.1) is 0 Å². The Kier molecular flexibility index (Phi) is 4.29. The van der Waals surface area contributed by atoms with Crippen molar-refractivity contribution >= 4 is 0 Å². The molecule has 0 spiro atoms. The second kappa shape index (κ2) is 5.96. The Balaban J connectivity index is 2.10.